The fraction of sp³-hybridized carbons (Fsp3) is 0. The Morgan fingerprint density at radius 1 is 0.960 bits per heavy atom. The molecule has 1 heterocycles. The second-order valence-corrected chi connectivity index (χ2v) is 5.83. The summed E-state index contributed by atoms with van der Waals surface area (Å²) < 4.78 is 0. The van der Waals surface area contributed by atoms with Crippen LogP contribution in [0.4, 0.5) is 0 Å². The standard InChI is InChI=1S/C20H16N4O/c21-19(22)13-7-5-12(6-8-13)14-9-10-18(25)15(11-14)20-23-16-3-1-2-4-17(16)24-20/h1-11,25H,(H3,21,22)(H,23,24). The lowest BCUT2D eigenvalue weighted by atomic mass is 10.0. The molecular weight excluding hydrogens is 312 g/mol. The number of nitrogens with zero attached hydrogens (tertiary/aromatic N) is 1. The lowest BCUT2D eigenvalue weighted by Gasteiger charge is -2.07. The number of phenolic OH excluding ortho intramolecular Hbond substituents is 1. The molecule has 0 saturated heterocycles. The van der Waals surface area contributed by atoms with E-state index in [1.165, 1.54) is 0 Å². The van der Waals surface area contributed by atoms with Crippen LogP contribution in [-0.4, -0.2) is 20.9 Å². The van der Waals surface area contributed by atoms with Crippen LogP contribution in [0.1, 0.15) is 5.56 Å². The van der Waals surface area contributed by atoms with Gasteiger partial charge in [0.1, 0.15) is 17.4 Å². The quantitative estimate of drug-likeness (QED) is 0.339. The van der Waals surface area contributed by atoms with Crippen LogP contribution in [0.25, 0.3) is 33.5 Å². The Kier molecular flexibility index (Phi) is 3.47. The van der Waals surface area contributed by atoms with E-state index in [0.717, 1.165) is 22.2 Å². The zero-order valence-electron chi connectivity index (χ0n) is 13.3. The molecule has 0 aliphatic rings. The number of nitrogen functional groups attached to an aromatic ring is 1. The fourth-order valence-corrected chi connectivity index (χ4v) is 2.83. The number of phenols is 1. The molecule has 0 bridgehead atoms. The highest BCUT2D eigenvalue weighted by molar-refractivity contribution is 5.95. The second-order valence-electron chi connectivity index (χ2n) is 5.83. The molecule has 0 radical (unpaired) electrons. The molecule has 5 heteroatoms. The minimum Gasteiger partial charge on any atom is -0.507 e. The largest absolute Gasteiger partial charge is 0.507 e. The Morgan fingerprint density at radius 2 is 1.68 bits per heavy atom. The summed E-state index contributed by atoms with van der Waals surface area (Å²) in [6, 6.07) is 20.6. The zero-order chi connectivity index (χ0) is 17.4. The van der Waals surface area contributed by atoms with Gasteiger partial charge in [-0.15, -0.1) is 0 Å². The van der Waals surface area contributed by atoms with Gasteiger partial charge in [-0.05, 0) is 35.4 Å². The summed E-state index contributed by atoms with van der Waals surface area (Å²) in [5.74, 6) is 0.837. The van der Waals surface area contributed by atoms with Gasteiger partial charge < -0.3 is 15.8 Å². The van der Waals surface area contributed by atoms with Crippen molar-refractivity contribution in [3.63, 3.8) is 0 Å². The van der Waals surface area contributed by atoms with Gasteiger partial charge in [-0.25, -0.2) is 4.98 Å². The number of hydrogen-bond acceptors (Lipinski definition) is 3. The summed E-state index contributed by atoms with van der Waals surface area (Å²) in [7, 11) is 0. The minimum absolute atomic E-state index is 0.0419. The van der Waals surface area contributed by atoms with E-state index < -0.39 is 0 Å². The average molecular weight is 328 g/mol. The third kappa shape index (κ3) is 2.72. The molecule has 0 aliphatic carbocycles. The molecule has 0 saturated carbocycles. The van der Waals surface area contributed by atoms with E-state index in [4.69, 9.17) is 11.1 Å². The number of imidazole rings is 1. The van der Waals surface area contributed by atoms with Crippen LogP contribution < -0.4 is 5.73 Å². The number of H-pyrrole nitrogens is 1. The first-order valence-corrected chi connectivity index (χ1v) is 7.85. The molecule has 122 valence electrons. The van der Waals surface area contributed by atoms with Crippen LogP contribution >= 0.6 is 0 Å². The summed E-state index contributed by atoms with van der Waals surface area (Å²) in [6.07, 6.45) is 0. The van der Waals surface area contributed by atoms with E-state index >= 15 is 0 Å². The van der Waals surface area contributed by atoms with Crippen LogP contribution in [0.3, 0.4) is 0 Å². The summed E-state index contributed by atoms with van der Waals surface area (Å²) in [6.45, 7) is 0. The van der Waals surface area contributed by atoms with Crippen molar-refractivity contribution >= 4 is 16.9 Å². The molecule has 0 spiro atoms. The first kappa shape index (κ1) is 15.0. The number of nitrogens with two attached hydrogens (primary N) is 1. The molecule has 0 amide bonds. The third-order valence-corrected chi connectivity index (χ3v) is 4.17. The van der Waals surface area contributed by atoms with Gasteiger partial charge in [0, 0.05) is 5.56 Å². The maximum Gasteiger partial charge on any atom is 0.142 e. The van der Waals surface area contributed by atoms with Crippen molar-refractivity contribution in [3.05, 3.63) is 72.3 Å². The number of hydrogen-bond donors (Lipinski definition) is 4. The van der Waals surface area contributed by atoms with Gasteiger partial charge in [-0.3, -0.25) is 5.41 Å². The number of aromatic hydroxyl groups is 1. The molecule has 5 N–H and O–H groups in total. The molecular formula is C20H16N4O. The van der Waals surface area contributed by atoms with Crippen LogP contribution in [0.15, 0.2) is 66.7 Å². The molecule has 0 fully saturated rings. The van der Waals surface area contributed by atoms with Gasteiger partial charge >= 0.3 is 0 Å². The van der Waals surface area contributed by atoms with Crippen LogP contribution in [-0.2, 0) is 0 Å². The summed E-state index contributed by atoms with van der Waals surface area (Å²) >= 11 is 0. The van der Waals surface area contributed by atoms with Crippen molar-refractivity contribution < 1.29 is 5.11 Å². The normalized spacial score (nSPS) is 10.9. The number of nitrogens with one attached hydrogen (secondary N) is 2. The summed E-state index contributed by atoms with van der Waals surface area (Å²) in [4.78, 5) is 7.80. The molecule has 0 atom stereocenters. The number of fused-ring (bicyclic) bond motifs is 1. The number of rotatable bonds is 3. The number of aromatic amines is 1. The Morgan fingerprint density at radius 3 is 2.40 bits per heavy atom. The lowest BCUT2D eigenvalue weighted by Crippen LogP contribution is -2.10. The van der Waals surface area contributed by atoms with Gasteiger partial charge in [-0.2, -0.15) is 0 Å². The predicted octanol–water partition coefficient (Wildman–Crippen LogP) is 3.89. The number of aromatic nitrogens is 2. The Labute approximate surface area is 144 Å². The predicted molar refractivity (Wildman–Crippen MR) is 99.6 cm³/mol. The Balaban J connectivity index is 1.79. The van der Waals surface area contributed by atoms with Gasteiger partial charge in [-0.1, -0.05) is 42.5 Å². The van der Waals surface area contributed by atoms with E-state index in [9.17, 15) is 5.11 Å². The summed E-state index contributed by atoms with van der Waals surface area (Å²) in [5.41, 5.74) is 10.5. The van der Waals surface area contributed by atoms with Gasteiger partial charge in [0.05, 0.1) is 16.6 Å². The van der Waals surface area contributed by atoms with E-state index in [1.807, 2.05) is 60.7 Å². The topological polar surface area (TPSA) is 98.8 Å². The molecule has 25 heavy (non-hydrogen) atoms. The van der Waals surface area contributed by atoms with Crippen molar-refractivity contribution in [2.45, 2.75) is 0 Å². The molecule has 0 aliphatic heterocycles. The smallest absolute Gasteiger partial charge is 0.142 e. The molecule has 1 aromatic heterocycles. The first-order chi connectivity index (χ1) is 12.1. The Hall–Kier alpha value is -3.60. The van der Waals surface area contributed by atoms with Crippen LogP contribution in [0.5, 0.6) is 5.75 Å². The minimum atomic E-state index is 0.0419. The highest BCUT2D eigenvalue weighted by atomic mass is 16.3. The third-order valence-electron chi connectivity index (χ3n) is 4.17. The number of amidine groups is 1. The molecule has 3 aromatic carbocycles. The number of para-hydroxylation sites is 2. The van der Waals surface area contributed by atoms with E-state index in [2.05, 4.69) is 9.97 Å². The van der Waals surface area contributed by atoms with Crippen molar-refractivity contribution in [3.8, 4) is 28.3 Å². The summed E-state index contributed by atoms with van der Waals surface area (Å²) in [5, 5.41) is 17.7. The monoisotopic (exact) mass is 328 g/mol. The fourth-order valence-electron chi connectivity index (χ4n) is 2.83. The SMILES string of the molecule is N=C(N)c1ccc(-c2ccc(O)c(-c3nc4ccccc4[nH]3)c2)cc1. The maximum atomic E-state index is 10.3. The van der Waals surface area contributed by atoms with Gasteiger partial charge in [0.25, 0.3) is 0 Å². The van der Waals surface area contributed by atoms with Crippen molar-refractivity contribution in [1.29, 1.82) is 5.41 Å². The maximum absolute atomic E-state index is 10.3. The van der Waals surface area contributed by atoms with E-state index in [0.29, 0.717) is 17.0 Å². The van der Waals surface area contributed by atoms with Gasteiger partial charge in [0.15, 0.2) is 0 Å². The van der Waals surface area contributed by atoms with Crippen molar-refractivity contribution in [1.82, 2.24) is 9.97 Å². The first-order valence-electron chi connectivity index (χ1n) is 7.85. The molecule has 4 rings (SSSR count). The molecule has 5 nitrogen and oxygen atoms in total. The van der Waals surface area contributed by atoms with Gasteiger partial charge in [0.2, 0.25) is 0 Å². The Bertz CT molecular complexity index is 1050. The van der Waals surface area contributed by atoms with Crippen molar-refractivity contribution in [2.24, 2.45) is 5.73 Å². The average Bonchev–Trinajstić information content (AvgIpc) is 3.06. The molecule has 4 aromatic rings. The second kappa shape index (κ2) is 5.79. The highest BCUT2D eigenvalue weighted by Crippen LogP contribution is 2.33. The van der Waals surface area contributed by atoms with Crippen LogP contribution in [0, 0.1) is 5.41 Å². The van der Waals surface area contributed by atoms with E-state index in [1.54, 1.807) is 6.07 Å². The lowest BCUT2D eigenvalue weighted by molar-refractivity contribution is 0.477. The van der Waals surface area contributed by atoms with E-state index in [-0.39, 0.29) is 11.6 Å². The van der Waals surface area contributed by atoms with Crippen LogP contribution in [0.2, 0.25) is 0 Å². The number of benzene rings is 3. The van der Waals surface area contributed by atoms with Crippen molar-refractivity contribution in [2.75, 3.05) is 0 Å². The highest BCUT2D eigenvalue weighted by Gasteiger charge is 2.11. The molecule has 0 unspecified atom stereocenters. The zero-order valence-corrected chi connectivity index (χ0v) is 13.3.